The van der Waals surface area contributed by atoms with E-state index in [9.17, 15) is 0 Å². The first-order valence-electron chi connectivity index (χ1n) is 7.35. The van der Waals surface area contributed by atoms with Crippen LogP contribution in [0.25, 0.3) is 10.4 Å². The van der Waals surface area contributed by atoms with Gasteiger partial charge in [0.25, 0.3) is 0 Å². The van der Waals surface area contributed by atoms with E-state index in [1.165, 1.54) is 16.2 Å². The maximum Gasteiger partial charge on any atom is 0.0496 e. The van der Waals surface area contributed by atoms with Crippen LogP contribution in [0, 0.1) is 6.92 Å². The molecule has 1 aromatic heterocycles. The topological polar surface area (TPSA) is 12.0 Å². The lowest BCUT2D eigenvalue weighted by molar-refractivity contribution is 0.516. The number of nitrogens with one attached hydrogen (secondary N) is 1. The summed E-state index contributed by atoms with van der Waals surface area (Å²) in [6.45, 7) is 7.32. The van der Waals surface area contributed by atoms with Crippen molar-refractivity contribution in [2.75, 3.05) is 6.54 Å². The SMILES string of the molecule is CCCC(NCC)c1ccc(-c2cc(Cl)c(C)cc2Cl)s1. The Morgan fingerprint density at radius 2 is 1.90 bits per heavy atom. The average molecular weight is 342 g/mol. The summed E-state index contributed by atoms with van der Waals surface area (Å²) in [4.78, 5) is 2.54. The first-order valence-corrected chi connectivity index (χ1v) is 8.93. The highest BCUT2D eigenvalue weighted by Gasteiger charge is 2.14. The number of rotatable bonds is 6. The van der Waals surface area contributed by atoms with Gasteiger partial charge >= 0.3 is 0 Å². The van der Waals surface area contributed by atoms with Gasteiger partial charge in [-0.2, -0.15) is 0 Å². The number of hydrogen-bond acceptors (Lipinski definition) is 2. The highest BCUT2D eigenvalue weighted by atomic mass is 35.5. The van der Waals surface area contributed by atoms with E-state index < -0.39 is 0 Å². The maximum absolute atomic E-state index is 6.38. The summed E-state index contributed by atoms with van der Waals surface area (Å²) in [7, 11) is 0. The third-order valence-corrected chi connectivity index (χ3v) is 5.46. The van der Waals surface area contributed by atoms with Crippen LogP contribution in [0.15, 0.2) is 24.3 Å². The molecule has 1 nitrogen and oxygen atoms in total. The van der Waals surface area contributed by atoms with Crippen LogP contribution in [0.4, 0.5) is 0 Å². The third-order valence-electron chi connectivity index (χ3n) is 3.51. The fourth-order valence-corrected chi connectivity index (χ4v) is 4.09. The minimum absolute atomic E-state index is 0.429. The summed E-state index contributed by atoms with van der Waals surface area (Å²) in [5.41, 5.74) is 2.04. The first kappa shape index (κ1) is 16.8. The smallest absolute Gasteiger partial charge is 0.0496 e. The van der Waals surface area contributed by atoms with Gasteiger partial charge in [-0.05, 0) is 49.7 Å². The summed E-state index contributed by atoms with van der Waals surface area (Å²) in [6.07, 6.45) is 2.32. The summed E-state index contributed by atoms with van der Waals surface area (Å²) < 4.78 is 0. The highest BCUT2D eigenvalue weighted by molar-refractivity contribution is 7.15. The summed E-state index contributed by atoms with van der Waals surface area (Å²) >= 11 is 14.4. The van der Waals surface area contributed by atoms with Crippen LogP contribution < -0.4 is 5.32 Å². The van der Waals surface area contributed by atoms with Crippen LogP contribution in [0.3, 0.4) is 0 Å². The normalized spacial score (nSPS) is 12.6. The summed E-state index contributed by atoms with van der Waals surface area (Å²) in [5, 5.41) is 5.08. The lowest BCUT2D eigenvalue weighted by Gasteiger charge is -2.15. The molecule has 2 rings (SSSR count). The molecule has 0 aliphatic rings. The molecule has 0 saturated carbocycles. The Kier molecular flexibility index (Phi) is 6.12. The van der Waals surface area contributed by atoms with E-state index in [0.717, 1.165) is 34.1 Å². The molecule has 1 N–H and O–H groups in total. The van der Waals surface area contributed by atoms with E-state index in [-0.39, 0.29) is 0 Å². The Morgan fingerprint density at radius 3 is 2.57 bits per heavy atom. The number of aryl methyl sites for hydroxylation is 1. The number of hydrogen-bond donors (Lipinski definition) is 1. The zero-order chi connectivity index (χ0) is 15.4. The summed E-state index contributed by atoms with van der Waals surface area (Å²) in [5.74, 6) is 0. The fraction of sp³-hybridized carbons (Fsp3) is 0.412. The minimum Gasteiger partial charge on any atom is -0.310 e. The molecule has 0 fully saturated rings. The van der Waals surface area contributed by atoms with Gasteiger partial charge in [-0.25, -0.2) is 0 Å². The van der Waals surface area contributed by atoms with Crippen LogP contribution in [-0.2, 0) is 0 Å². The molecule has 1 atom stereocenters. The van der Waals surface area contributed by atoms with Gasteiger partial charge in [0.15, 0.2) is 0 Å². The van der Waals surface area contributed by atoms with Crippen LogP contribution in [0.2, 0.25) is 10.0 Å². The van der Waals surface area contributed by atoms with Crippen molar-refractivity contribution in [3.8, 4) is 10.4 Å². The van der Waals surface area contributed by atoms with Crippen molar-refractivity contribution < 1.29 is 0 Å². The van der Waals surface area contributed by atoms with Crippen LogP contribution in [-0.4, -0.2) is 6.54 Å². The second-order valence-electron chi connectivity index (χ2n) is 5.18. The van der Waals surface area contributed by atoms with Crippen LogP contribution in [0.5, 0.6) is 0 Å². The lowest BCUT2D eigenvalue weighted by Crippen LogP contribution is -2.19. The second-order valence-corrected chi connectivity index (χ2v) is 7.11. The number of thiophene rings is 1. The standard InChI is InChI=1S/C17H21Cl2NS/c1-4-6-15(20-5-2)17-8-7-16(21-17)12-10-13(18)11(3)9-14(12)19/h7-10,15,20H,4-6H2,1-3H3. The average Bonchev–Trinajstić information content (AvgIpc) is 2.92. The molecule has 114 valence electrons. The van der Waals surface area contributed by atoms with Gasteiger partial charge in [-0.3, -0.25) is 0 Å². The zero-order valence-electron chi connectivity index (χ0n) is 12.7. The maximum atomic E-state index is 6.38. The molecule has 0 aliphatic heterocycles. The van der Waals surface area contributed by atoms with Crippen molar-refractivity contribution in [3.63, 3.8) is 0 Å². The van der Waals surface area contributed by atoms with E-state index in [2.05, 4.69) is 31.3 Å². The van der Waals surface area contributed by atoms with Crippen molar-refractivity contribution in [1.82, 2.24) is 5.32 Å². The molecular formula is C17H21Cl2NS. The predicted octanol–water partition coefficient (Wildman–Crippen LogP) is 6.48. The molecule has 1 unspecified atom stereocenters. The molecule has 1 aromatic carbocycles. The predicted molar refractivity (Wildman–Crippen MR) is 95.8 cm³/mol. The fourth-order valence-electron chi connectivity index (χ4n) is 2.40. The lowest BCUT2D eigenvalue weighted by atomic mass is 10.1. The van der Waals surface area contributed by atoms with Gasteiger partial charge in [0, 0.05) is 31.4 Å². The Bertz CT molecular complexity index is 601. The zero-order valence-corrected chi connectivity index (χ0v) is 15.0. The largest absolute Gasteiger partial charge is 0.310 e. The second kappa shape index (κ2) is 7.64. The van der Waals surface area contributed by atoms with Gasteiger partial charge in [0.05, 0.1) is 0 Å². The molecular weight excluding hydrogens is 321 g/mol. The molecule has 0 bridgehead atoms. The van der Waals surface area contributed by atoms with Crippen molar-refractivity contribution >= 4 is 34.5 Å². The molecule has 0 saturated heterocycles. The van der Waals surface area contributed by atoms with Gasteiger partial charge < -0.3 is 5.32 Å². The van der Waals surface area contributed by atoms with Gasteiger partial charge in [-0.1, -0.05) is 43.5 Å². The molecule has 0 spiro atoms. The molecule has 2 aromatic rings. The van der Waals surface area contributed by atoms with Crippen LogP contribution in [0.1, 0.15) is 43.2 Å². The molecule has 0 amide bonds. The Labute approximate surface area is 141 Å². The van der Waals surface area contributed by atoms with Gasteiger partial charge in [0.1, 0.15) is 0 Å². The Hall–Kier alpha value is -0.540. The first-order chi connectivity index (χ1) is 10.1. The molecule has 21 heavy (non-hydrogen) atoms. The number of benzene rings is 1. The molecule has 1 heterocycles. The summed E-state index contributed by atoms with van der Waals surface area (Å²) in [6, 6.07) is 8.68. The minimum atomic E-state index is 0.429. The third kappa shape index (κ3) is 4.01. The van der Waals surface area contributed by atoms with Crippen LogP contribution >= 0.6 is 34.5 Å². The van der Waals surface area contributed by atoms with Gasteiger partial charge in [0.2, 0.25) is 0 Å². The number of halogens is 2. The Balaban J connectivity index is 2.33. The molecule has 0 aliphatic carbocycles. The van der Waals surface area contributed by atoms with E-state index in [1.54, 1.807) is 11.3 Å². The van der Waals surface area contributed by atoms with Gasteiger partial charge in [-0.15, -0.1) is 11.3 Å². The van der Waals surface area contributed by atoms with Crippen molar-refractivity contribution in [1.29, 1.82) is 0 Å². The van der Waals surface area contributed by atoms with Crippen molar-refractivity contribution in [2.45, 2.75) is 39.7 Å². The van der Waals surface area contributed by atoms with Crippen molar-refractivity contribution in [2.24, 2.45) is 0 Å². The molecule has 4 heteroatoms. The monoisotopic (exact) mass is 341 g/mol. The van der Waals surface area contributed by atoms with E-state index >= 15 is 0 Å². The quantitative estimate of drug-likeness (QED) is 0.633. The van der Waals surface area contributed by atoms with E-state index in [0.29, 0.717) is 6.04 Å². The van der Waals surface area contributed by atoms with Crippen molar-refractivity contribution in [3.05, 3.63) is 44.8 Å². The highest BCUT2D eigenvalue weighted by Crippen LogP contribution is 2.38. The Morgan fingerprint density at radius 1 is 1.14 bits per heavy atom. The molecule has 0 radical (unpaired) electrons. The van der Waals surface area contributed by atoms with E-state index in [4.69, 9.17) is 23.2 Å². The van der Waals surface area contributed by atoms with E-state index in [1.807, 2.05) is 19.1 Å².